The normalized spacial score (nSPS) is 17.5. The van der Waals surface area contributed by atoms with Crippen LogP contribution >= 0.6 is 23.2 Å². The van der Waals surface area contributed by atoms with Gasteiger partial charge in [-0.2, -0.15) is 0 Å². The highest BCUT2D eigenvalue weighted by Gasteiger charge is 2.27. The fourth-order valence-electron chi connectivity index (χ4n) is 4.07. The van der Waals surface area contributed by atoms with Crippen LogP contribution in [0.25, 0.3) is 0 Å². The lowest BCUT2D eigenvalue weighted by atomic mass is 10.0. The number of pyridine rings is 1. The second-order valence-corrected chi connectivity index (χ2v) is 8.95. The zero-order chi connectivity index (χ0) is 20.3. The molecule has 6 heteroatoms. The van der Waals surface area contributed by atoms with Gasteiger partial charge in [-0.15, -0.1) is 0 Å². The van der Waals surface area contributed by atoms with Crippen molar-refractivity contribution in [2.75, 3.05) is 12.3 Å². The predicted octanol–water partition coefficient (Wildman–Crippen LogP) is 4.99. The van der Waals surface area contributed by atoms with Crippen LogP contribution in [0, 0.1) is 5.92 Å². The third-order valence-electron chi connectivity index (χ3n) is 5.50. The van der Waals surface area contributed by atoms with Crippen LogP contribution in [0.4, 0.5) is 5.69 Å². The average molecular weight is 422 g/mol. The SMILES string of the molecule is CC(C)C[C@H]1CCCN1Cc1c(Cl)cc(Cl)c(=O)n1CCc1ccc(N)cc1. The van der Waals surface area contributed by atoms with Gasteiger partial charge in [-0.05, 0) is 61.9 Å². The number of anilines is 1. The molecule has 1 aromatic heterocycles. The molecular weight excluding hydrogens is 393 g/mol. The summed E-state index contributed by atoms with van der Waals surface area (Å²) in [6.07, 6.45) is 4.29. The molecule has 1 fully saturated rings. The summed E-state index contributed by atoms with van der Waals surface area (Å²) in [6, 6.07) is 9.88. The molecule has 28 heavy (non-hydrogen) atoms. The Morgan fingerprint density at radius 1 is 1.18 bits per heavy atom. The van der Waals surface area contributed by atoms with Crippen LogP contribution < -0.4 is 11.3 Å². The lowest BCUT2D eigenvalue weighted by molar-refractivity contribution is 0.212. The molecule has 4 nitrogen and oxygen atoms in total. The molecule has 0 saturated carbocycles. The van der Waals surface area contributed by atoms with Crippen molar-refractivity contribution in [2.24, 2.45) is 5.92 Å². The van der Waals surface area contributed by atoms with Crippen molar-refractivity contribution in [3.63, 3.8) is 0 Å². The van der Waals surface area contributed by atoms with Gasteiger partial charge in [0.05, 0.1) is 10.7 Å². The Hall–Kier alpha value is -1.49. The Balaban J connectivity index is 1.84. The predicted molar refractivity (Wildman–Crippen MR) is 118 cm³/mol. The second-order valence-electron chi connectivity index (χ2n) is 8.13. The zero-order valence-corrected chi connectivity index (χ0v) is 18.1. The van der Waals surface area contributed by atoms with Crippen molar-refractivity contribution in [3.8, 4) is 0 Å². The van der Waals surface area contributed by atoms with Crippen LogP contribution in [0.15, 0.2) is 35.1 Å². The van der Waals surface area contributed by atoms with E-state index in [1.807, 2.05) is 24.3 Å². The summed E-state index contributed by atoms with van der Waals surface area (Å²) in [4.78, 5) is 15.3. The summed E-state index contributed by atoms with van der Waals surface area (Å²) < 4.78 is 1.76. The second kappa shape index (κ2) is 9.34. The van der Waals surface area contributed by atoms with Gasteiger partial charge in [0, 0.05) is 24.8 Å². The molecule has 152 valence electrons. The molecule has 0 spiro atoms. The van der Waals surface area contributed by atoms with Gasteiger partial charge >= 0.3 is 0 Å². The smallest absolute Gasteiger partial charge is 0.269 e. The maximum absolute atomic E-state index is 12.8. The minimum absolute atomic E-state index is 0.170. The van der Waals surface area contributed by atoms with Gasteiger partial charge < -0.3 is 10.3 Å². The Bertz CT molecular complexity index is 861. The molecule has 1 aliphatic rings. The van der Waals surface area contributed by atoms with E-state index in [4.69, 9.17) is 28.9 Å². The molecule has 1 aromatic carbocycles. The highest BCUT2D eigenvalue weighted by molar-refractivity contribution is 6.34. The number of aryl methyl sites for hydroxylation is 1. The number of rotatable bonds is 7. The van der Waals surface area contributed by atoms with Crippen LogP contribution in [0.1, 0.15) is 44.4 Å². The van der Waals surface area contributed by atoms with E-state index >= 15 is 0 Å². The number of aromatic nitrogens is 1. The number of nitrogens with zero attached hydrogens (tertiary/aromatic N) is 2. The van der Waals surface area contributed by atoms with Crippen LogP contribution in [0.2, 0.25) is 10.0 Å². The van der Waals surface area contributed by atoms with E-state index in [0.29, 0.717) is 30.1 Å². The van der Waals surface area contributed by atoms with Crippen molar-refractivity contribution in [1.82, 2.24) is 9.47 Å². The molecule has 2 aromatic rings. The summed E-state index contributed by atoms with van der Waals surface area (Å²) in [5, 5.41) is 0.739. The van der Waals surface area contributed by atoms with Gasteiger partial charge in [-0.25, -0.2) is 0 Å². The highest BCUT2D eigenvalue weighted by atomic mass is 35.5. The van der Waals surface area contributed by atoms with Crippen molar-refractivity contribution in [3.05, 3.63) is 62.0 Å². The van der Waals surface area contributed by atoms with Crippen LogP contribution in [0.3, 0.4) is 0 Å². The quantitative estimate of drug-likeness (QED) is 0.640. The van der Waals surface area contributed by atoms with Crippen molar-refractivity contribution >= 4 is 28.9 Å². The van der Waals surface area contributed by atoms with Crippen LogP contribution in [-0.4, -0.2) is 22.1 Å². The largest absolute Gasteiger partial charge is 0.399 e. The average Bonchev–Trinajstić information content (AvgIpc) is 3.06. The molecule has 2 N–H and O–H groups in total. The van der Waals surface area contributed by atoms with Gasteiger partial charge in [0.25, 0.3) is 5.56 Å². The van der Waals surface area contributed by atoms with E-state index in [0.717, 1.165) is 29.9 Å². The molecule has 1 atom stereocenters. The minimum Gasteiger partial charge on any atom is -0.399 e. The lowest BCUT2D eigenvalue weighted by Crippen LogP contribution is -2.34. The van der Waals surface area contributed by atoms with Crippen LogP contribution in [-0.2, 0) is 19.5 Å². The molecule has 1 aliphatic heterocycles. The summed E-state index contributed by atoms with van der Waals surface area (Å²) >= 11 is 12.7. The number of nitrogen functional groups attached to an aromatic ring is 1. The number of likely N-dealkylation sites (tertiary alicyclic amines) is 1. The fourth-order valence-corrected chi connectivity index (χ4v) is 4.60. The highest BCUT2D eigenvalue weighted by Crippen LogP contribution is 2.28. The molecule has 0 unspecified atom stereocenters. The first-order valence-corrected chi connectivity index (χ1v) is 10.8. The van der Waals surface area contributed by atoms with Crippen molar-refractivity contribution < 1.29 is 0 Å². The summed E-state index contributed by atoms with van der Waals surface area (Å²) in [6.45, 7) is 6.79. The molecule has 2 heterocycles. The molecule has 0 aliphatic carbocycles. The van der Waals surface area contributed by atoms with Gasteiger partial charge in [-0.1, -0.05) is 49.2 Å². The summed E-state index contributed by atoms with van der Waals surface area (Å²) in [5.41, 5.74) is 8.32. The summed E-state index contributed by atoms with van der Waals surface area (Å²) in [5.74, 6) is 0.652. The molecular formula is C22H29Cl2N3O. The topological polar surface area (TPSA) is 51.3 Å². The zero-order valence-electron chi connectivity index (χ0n) is 16.6. The number of hydrogen-bond donors (Lipinski definition) is 1. The number of halogens is 2. The van der Waals surface area contributed by atoms with Crippen molar-refractivity contribution in [2.45, 2.75) is 58.7 Å². The monoisotopic (exact) mass is 421 g/mol. The maximum Gasteiger partial charge on any atom is 0.269 e. The Labute approximate surface area is 177 Å². The number of nitrogens with two attached hydrogens (primary N) is 1. The van der Waals surface area contributed by atoms with E-state index in [2.05, 4.69) is 18.7 Å². The molecule has 3 rings (SSSR count). The lowest BCUT2D eigenvalue weighted by Gasteiger charge is -2.27. The van der Waals surface area contributed by atoms with E-state index in [9.17, 15) is 4.79 Å². The number of hydrogen-bond acceptors (Lipinski definition) is 3. The molecule has 0 amide bonds. The number of benzene rings is 1. The Morgan fingerprint density at radius 3 is 2.57 bits per heavy atom. The van der Waals surface area contributed by atoms with Gasteiger partial charge in [0.15, 0.2) is 0 Å². The van der Waals surface area contributed by atoms with E-state index in [-0.39, 0.29) is 10.6 Å². The first kappa shape index (κ1) is 21.2. The summed E-state index contributed by atoms with van der Waals surface area (Å²) in [7, 11) is 0. The molecule has 0 radical (unpaired) electrons. The van der Waals surface area contributed by atoms with E-state index in [1.54, 1.807) is 10.6 Å². The Kier molecular flexibility index (Phi) is 7.08. The molecule has 0 bridgehead atoms. The Morgan fingerprint density at radius 2 is 1.89 bits per heavy atom. The maximum atomic E-state index is 12.8. The van der Waals surface area contributed by atoms with E-state index in [1.165, 1.54) is 19.3 Å². The first-order chi connectivity index (χ1) is 13.3. The van der Waals surface area contributed by atoms with Gasteiger partial charge in [-0.3, -0.25) is 9.69 Å². The third kappa shape index (κ3) is 5.11. The van der Waals surface area contributed by atoms with Crippen molar-refractivity contribution in [1.29, 1.82) is 0 Å². The van der Waals surface area contributed by atoms with Gasteiger partial charge in [0.1, 0.15) is 5.02 Å². The standard InChI is InChI=1S/C22H29Cl2N3O/c1-15(2)12-18-4-3-10-26(18)14-21-19(23)13-20(24)22(28)27(21)11-9-16-5-7-17(25)8-6-16/h5-8,13,15,18H,3-4,9-12,14,25H2,1-2H3/t18-/m1/s1. The first-order valence-electron chi connectivity index (χ1n) is 10.0. The fraction of sp³-hybridized carbons (Fsp3) is 0.500. The molecule has 1 saturated heterocycles. The van der Waals surface area contributed by atoms with Gasteiger partial charge in [0.2, 0.25) is 0 Å². The van der Waals surface area contributed by atoms with E-state index < -0.39 is 0 Å². The minimum atomic E-state index is -0.170. The third-order valence-corrected chi connectivity index (χ3v) is 6.10. The van der Waals surface area contributed by atoms with Crippen LogP contribution in [0.5, 0.6) is 0 Å².